The number of nitrogens with one attached hydrogen (secondary N) is 2. The van der Waals surface area contributed by atoms with Gasteiger partial charge in [-0.3, -0.25) is 0 Å². The average molecular weight is 544 g/mol. The van der Waals surface area contributed by atoms with Gasteiger partial charge in [0.15, 0.2) is 0 Å². The lowest BCUT2D eigenvalue weighted by Crippen LogP contribution is -2.54. The van der Waals surface area contributed by atoms with E-state index in [2.05, 4.69) is 32.2 Å². The van der Waals surface area contributed by atoms with Crippen molar-refractivity contribution in [2.24, 2.45) is 11.8 Å². The van der Waals surface area contributed by atoms with Crippen LogP contribution < -0.4 is 11.1 Å². The second kappa shape index (κ2) is 9.46. The van der Waals surface area contributed by atoms with Crippen LogP contribution in [0.5, 0.6) is 0 Å². The maximum absolute atomic E-state index is 13.0. The van der Waals surface area contributed by atoms with E-state index in [1.54, 1.807) is 0 Å². The van der Waals surface area contributed by atoms with E-state index in [9.17, 15) is 23.4 Å². The number of hydrogen-bond acceptors (Lipinski definition) is 7. The quantitative estimate of drug-likeness (QED) is 0.240. The van der Waals surface area contributed by atoms with E-state index in [0.717, 1.165) is 36.8 Å². The van der Waals surface area contributed by atoms with Gasteiger partial charge in [0.05, 0.1) is 34.1 Å². The summed E-state index contributed by atoms with van der Waals surface area (Å²) in [6.07, 6.45) is 1.16. The number of aryl methyl sites for hydroxylation is 1. The Kier molecular flexibility index (Phi) is 6.31. The zero-order valence-corrected chi connectivity index (χ0v) is 21.5. The normalized spacial score (nSPS) is 29.3. The van der Waals surface area contributed by atoms with Gasteiger partial charge in [0, 0.05) is 30.6 Å². The Morgan fingerprint density at radius 1 is 1.18 bits per heavy atom. The molecule has 2 aliphatic rings. The first-order chi connectivity index (χ1) is 18.5. The molecule has 2 aliphatic carbocycles. The number of alkyl halides is 3. The van der Waals surface area contributed by atoms with E-state index in [1.165, 1.54) is 12.4 Å². The van der Waals surface area contributed by atoms with Crippen molar-refractivity contribution in [2.45, 2.75) is 69.0 Å². The van der Waals surface area contributed by atoms with E-state index in [4.69, 9.17) is 5.73 Å². The molecule has 3 aromatic heterocycles. The number of aromatic amines is 1. The Morgan fingerprint density at radius 3 is 2.74 bits per heavy atom. The molecule has 6 rings (SSSR count). The smallest absolute Gasteiger partial charge is 0.390 e. The van der Waals surface area contributed by atoms with Crippen LogP contribution in [0.25, 0.3) is 22.1 Å². The first-order valence-corrected chi connectivity index (χ1v) is 13.2. The fourth-order valence-electron chi connectivity index (χ4n) is 6.47. The van der Waals surface area contributed by atoms with Gasteiger partial charge < -0.3 is 30.8 Å². The van der Waals surface area contributed by atoms with Crippen molar-refractivity contribution in [3.8, 4) is 0 Å². The maximum atomic E-state index is 13.0. The molecule has 208 valence electrons. The second-order valence-corrected chi connectivity index (χ2v) is 11.4. The lowest BCUT2D eigenvalue weighted by molar-refractivity contribution is -0.137. The zero-order chi connectivity index (χ0) is 27.5. The van der Waals surface area contributed by atoms with E-state index in [1.807, 2.05) is 16.8 Å². The molecule has 2 fully saturated rings. The molecule has 39 heavy (non-hydrogen) atoms. The Labute approximate surface area is 222 Å². The number of H-pyrrole nitrogens is 1. The first-order valence-electron chi connectivity index (χ1n) is 13.2. The van der Waals surface area contributed by atoms with Crippen molar-refractivity contribution >= 4 is 27.9 Å². The van der Waals surface area contributed by atoms with Crippen molar-refractivity contribution in [1.82, 2.24) is 29.8 Å². The number of nitrogens with two attached hydrogens (primary N) is 1. The van der Waals surface area contributed by atoms with Crippen molar-refractivity contribution < 1.29 is 23.4 Å². The van der Waals surface area contributed by atoms with Gasteiger partial charge in [0.25, 0.3) is 0 Å². The highest BCUT2D eigenvalue weighted by Crippen LogP contribution is 2.42. The minimum atomic E-state index is -4.38. The molecule has 0 aliphatic heterocycles. The number of hydrogen-bond donors (Lipinski definition) is 5. The highest BCUT2D eigenvalue weighted by atomic mass is 19.4. The third kappa shape index (κ3) is 4.85. The van der Waals surface area contributed by atoms with Crippen LogP contribution in [0.3, 0.4) is 0 Å². The fourth-order valence-corrected chi connectivity index (χ4v) is 6.47. The molecule has 0 spiro atoms. The number of aromatic nitrogens is 5. The molecule has 0 saturated heterocycles. The Balaban J connectivity index is 1.01. The first kappa shape index (κ1) is 26.0. The van der Waals surface area contributed by atoms with E-state index >= 15 is 0 Å². The number of benzene rings is 1. The summed E-state index contributed by atoms with van der Waals surface area (Å²) in [6.45, 7) is 2.75. The monoisotopic (exact) mass is 543 g/mol. The summed E-state index contributed by atoms with van der Waals surface area (Å²) >= 11 is 0. The molecule has 2 saturated carbocycles. The molecule has 9 nitrogen and oxygen atoms in total. The number of imidazole rings is 1. The number of aliphatic hydroxyl groups is 2. The lowest BCUT2D eigenvalue weighted by atomic mass is 9.67. The molecule has 0 radical (unpaired) electrons. The predicted octanol–water partition coefficient (Wildman–Crippen LogP) is 3.58. The highest BCUT2D eigenvalue weighted by molar-refractivity contribution is 5.86. The van der Waals surface area contributed by atoms with Crippen molar-refractivity contribution in [2.75, 3.05) is 12.3 Å². The lowest BCUT2D eigenvalue weighted by Gasteiger charge is -2.47. The number of aliphatic hydroxyl groups excluding tert-OH is 2. The maximum Gasteiger partial charge on any atom is 0.416 e. The van der Waals surface area contributed by atoms with E-state index in [-0.39, 0.29) is 17.5 Å². The predicted molar refractivity (Wildman–Crippen MR) is 140 cm³/mol. The van der Waals surface area contributed by atoms with E-state index in [0.29, 0.717) is 53.6 Å². The van der Waals surface area contributed by atoms with Crippen molar-refractivity contribution in [1.29, 1.82) is 0 Å². The molecule has 0 bridgehead atoms. The fraction of sp³-hybridized carbons (Fsp3) is 0.519. The van der Waals surface area contributed by atoms with Gasteiger partial charge in [-0.15, -0.1) is 0 Å². The molecular formula is C27H32F3N7O2. The third-order valence-electron chi connectivity index (χ3n) is 8.59. The Bertz CT molecular complexity index is 1490. The van der Waals surface area contributed by atoms with Crippen molar-refractivity contribution in [3.05, 3.63) is 48.2 Å². The minimum absolute atomic E-state index is 0.0647. The standard InChI is InChI=1S/C27H32F3N7O2/c1-26(10-14(11-26)2-5-21-35-18-4-3-16(27(28,29)30)9-19(18)36-21)34-12-15-8-20(23(39)22(15)38)37-7-6-17-24(31)32-13-33-25(17)37/h3-4,6-7,9,13-15,20,22-23,34,38-39H,2,5,8,10-12H2,1H3,(H,35,36)(H2,31,32,33)/t14-,15-,20-,22-,23+,26-/m1/s1. The molecule has 0 unspecified atom stereocenters. The van der Waals surface area contributed by atoms with Gasteiger partial charge in [-0.1, -0.05) is 0 Å². The van der Waals surface area contributed by atoms with Crippen LogP contribution in [0.4, 0.5) is 19.0 Å². The molecule has 12 heteroatoms. The zero-order valence-electron chi connectivity index (χ0n) is 21.5. The number of nitrogens with zero attached hydrogens (tertiary/aromatic N) is 4. The third-order valence-corrected chi connectivity index (χ3v) is 8.59. The van der Waals surface area contributed by atoms with Gasteiger partial charge in [-0.25, -0.2) is 15.0 Å². The van der Waals surface area contributed by atoms with Crippen LogP contribution in [0.15, 0.2) is 36.8 Å². The SMILES string of the molecule is C[C@]1(NC[C@H]2C[C@@H](n3ccc4c(N)ncnc43)[C@H](O)[C@@H]2O)C[C@H](CCc2nc3cc(C(F)(F)F)ccc3[nH]2)C1. The van der Waals surface area contributed by atoms with Gasteiger partial charge in [-0.05, 0) is 62.8 Å². The molecule has 4 aromatic rings. The van der Waals surface area contributed by atoms with Crippen LogP contribution in [-0.4, -0.2) is 59.0 Å². The molecule has 3 heterocycles. The largest absolute Gasteiger partial charge is 0.416 e. The van der Waals surface area contributed by atoms with E-state index < -0.39 is 23.9 Å². The molecule has 4 atom stereocenters. The number of rotatable bonds is 7. The van der Waals surface area contributed by atoms with Crippen LogP contribution in [0, 0.1) is 11.8 Å². The Hall–Kier alpha value is -3.22. The summed E-state index contributed by atoms with van der Waals surface area (Å²) in [5.74, 6) is 1.44. The summed E-state index contributed by atoms with van der Waals surface area (Å²) in [5, 5.41) is 25.9. The highest BCUT2D eigenvalue weighted by Gasteiger charge is 2.45. The summed E-state index contributed by atoms with van der Waals surface area (Å²) in [4.78, 5) is 15.8. The molecule has 1 aromatic carbocycles. The second-order valence-electron chi connectivity index (χ2n) is 11.4. The summed E-state index contributed by atoms with van der Waals surface area (Å²) < 4.78 is 40.8. The number of fused-ring (bicyclic) bond motifs is 2. The topological polar surface area (TPSA) is 138 Å². The van der Waals surface area contributed by atoms with Gasteiger partial charge in [-0.2, -0.15) is 13.2 Å². The number of nitrogen functional groups attached to an aromatic ring is 1. The van der Waals surface area contributed by atoms with Crippen LogP contribution >= 0.6 is 0 Å². The van der Waals surface area contributed by atoms with Gasteiger partial charge in [0.2, 0.25) is 0 Å². The van der Waals surface area contributed by atoms with Gasteiger partial charge in [0.1, 0.15) is 29.7 Å². The molecule has 0 amide bonds. The molecule has 6 N–H and O–H groups in total. The van der Waals surface area contributed by atoms with Crippen LogP contribution in [0.2, 0.25) is 0 Å². The summed E-state index contributed by atoms with van der Waals surface area (Å²) in [7, 11) is 0. The van der Waals surface area contributed by atoms with Crippen LogP contribution in [0.1, 0.15) is 50.0 Å². The van der Waals surface area contributed by atoms with Gasteiger partial charge >= 0.3 is 6.18 Å². The summed E-state index contributed by atoms with van der Waals surface area (Å²) in [5.41, 5.74) is 6.78. The van der Waals surface area contributed by atoms with Crippen molar-refractivity contribution in [3.63, 3.8) is 0 Å². The number of anilines is 1. The summed E-state index contributed by atoms with van der Waals surface area (Å²) in [6, 6.07) is 5.11. The van der Waals surface area contributed by atoms with Crippen LogP contribution in [-0.2, 0) is 12.6 Å². The molecular weight excluding hydrogens is 511 g/mol. The average Bonchev–Trinajstić information content (AvgIpc) is 3.56. The number of halogens is 3. The minimum Gasteiger partial charge on any atom is -0.390 e. The Morgan fingerprint density at radius 2 is 1.97 bits per heavy atom.